The highest BCUT2D eigenvalue weighted by molar-refractivity contribution is 5.86. The third-order valence-electron chi connectivity index (χ3n) is 3.35. The highest BCUT2D eigenvalue weighted by Gasteiger charge is 2.51. The molecule has 0 bridgehead atoms. The minimum atomic E-state index is -3.72. The number of benzene rings is 1. The molecule has 2 heterocycles. The molecule has 1 unspecified atom stereocenters. The Morgan fingerprint density at radius 3 is 2.80 bits per heavy atom. The van der Waals surface area contributed by atoms with Gasteiger partial charge in [-0.2, -0.15) is 0 Å². The van der Waals surface area contributed by atoms with Gasteiger partial charge in [-0.3, -0.25) is 4.79 Å². The maximum absolute atomic E-state index is 13.1. The number of rotatable bonds is 2. The molecule has 0 amide bonds. The summed E-state index contributed by atoms with van der Waals surface area (Å²) in [5.41, 5.74) is -0.585. The molecule has 0 saturated carbocycles. The molecule has 2 aliphatic heterocycles. The summed E-state index contributed by atoms with van der Waals surface area (Å²) in [6.45, 7) is 3.56. The van der Waals surface area contributed by atoms with Gasteiger partial charge in [0.15, 0.2) is 11.5 Å². The predicted molar refractivity (Wildman–Crippen MR) is 62.1 cm³/mol. The molecule has 0 N–H and O–H groups in total. The van der Waals surface area contributed by atoms with E-state index in [1.165, 1.54) is 12.1 Å². The van der Waals surface area contributed by atoms with Crippen molar-refractivity contribution in [3.63, 3.8) is 0 Å². The van der Waals surface area contributed by atoms with E-state index in [0.717, 1.165) is 0 Å². The normalized spacial score (nSPS) is 25.0. The van der Waals surface area contributed by atoms with E-state index in [-0.39, 0.29) is 30.5 Å². The Labute approximate surface area is 113 Å². The molecular weight excluding hydrogens is 274 g/mol. The van der Waals surface area contributed by atoms with Crippen LogP contribution in [0.2, 0.25) is 0 Å². The van der Waals surface area contributed by atoms with Crippen molar-refractivity contribution in [1.82, 2.24) is 0 Å². The quantitative estimate of drug-likeness (QED) is 0.780. The molecule has 1 aromatic carbocycles. The second kappa shape index (κ2) is 3.97. The predicted octanol–water partition coefficient (Wildman–Crippen LogP) is 2.22. The van der Waals surface area contributed by atoms with Crippen molar-refractivity contribution in [3.05, 3.63) is 17.7 Å². The van der Waals surface area contributed by atoms with Crippen LogP contribution < -0.4 is 14.2 Å². The van der Waals surface area contributed by atoms with Crippen LogP contribution >= 0.6 is 0 Å². The molecule has 0 aromatic heterocycles. The lowest BCUT2D eigenvalue weighted by atomic mass is 9.84. The molecule has 2 aliphatic rings. The summed E-state index contributed by atoms with van der Waals surface area (Å²) in [5, 5.41) is 0. The molecule has 0 radical (unpaired) electrons. The number of alkyl halides is 2. The molecule has 108 valence electrons. The third kappa shape index (κ3) is 1.69. The van der Waals surface area contributed by atoms with Gasteiger partial charge in [-0.1, -0.05) is 6.07 Å². The second-order valence-electron chi connectivity index (χ2n) is 4.78. The van der Waals surface area contributed by atoms with Gasteiger partial charge in [0.1, 0.15) is 12.0 Å². The van der Waals surface area contributed by atoms with Crippen LogP contribution in [-0.2, 0) is 14.9 Å². The van der Waals surface area contributed by atoms with Crippen molar-refractivity contribution < 1.29 is 32.5 Å². The lowest BCUT2D eigenvalue weighted by Crippen LogP contribution is -2.35. The highest BCUT2D eigenvalue weighted by Crippen LogP contribution is 2.54. The maximum Gasteiger partial charge on any atom is 0.586 e. The maximum atomic E-state index is 13.1. The highest BCUT2D eigenvalue weighted by atomic mass is 19.3. The molecule has 1 aromatic rings. The first-order valence-electron chi connectivity index (χ1n) is 6.11. The van der Waals surface area contributed by atoms with E-state index >= 15 is 0 Å². The Kier molecular flexibility index (Phi) is 2.57. The van der Waals surface area contributed by atoms with Gasteiger partial charge in [0.25, 0.3) is 0 Å². The van der Waals surface area contributed by atoms with E-state index in [9.17, 15) is 13.6 Å². The molecule has 0 fully saturated rings. The van der Waals surface area contributed by atoms with Crippen LogP contribution in [0.5, 0.6) is 17.2 Å². The lowest BCUT2D eigenvalue weighted by Gasteiger charge is -2.19. The number of hydrogen-bond donors (Lipinski definition) is 0. The molecule has 0 aliphatic carbocycles. The van der Waals surface area contributed by atoms with Gasteiger partial charge >= 0.3 is 12.3 Å². The Morgan fingerprint density at radius 2 is 2.10 bits per heavy atom. The standard InChI is InChI=1S/C13H12F2O5/c1-3-17-11(16)12(2)6-18-9-7(12)4-5-8-10(9)20-13(14,15)19-8/h4-5H,3,6H2,1-2H3. The summed E-state index contributed by atoms with van der Waals surface area (Å²) in [6, 6.07) is 2.85. The number of ether oxygens (including phenoxy) is 4. The fourth-order valence-corrected chi connectivity index (χ4v) is 2.32. The second-order valence-corrected chi connectivity index (χ2v) is 4.78. The summed E-state index contributed by atoms with van der Waals surface area (Å²) in [7, 11) is 0. The molecule has 5 nitrogen and oxygen atoms in total. The molecular formula is C13H12F2O5. The van der Waals surface area contributed by atoms with Gasteiger partial charge in [0.05, 0.1) is 6.61 Å². The zero-order valence-corrected chi connectivity index (χ0v) is 10.9. The van der Waals surface area contributed by atoms with Gasteiger partial charge in [-0.15, -0.1) is 8.78 Å². The fraction of sp³-hybridized carbons (Fsp3) is 0.462. The van der Waals surface area contributed by atoms with Crippen molar-refractivity contribution in [2.45, 2.75) is 25.6 Å². The first kappa shape index (κ1) is 13.0. The summed E-state index contributed by atoms with van der Waals surface area (Å²) in [5.74, 6) is -0.651. The number of carbonyl (C=O) groups is 1. The van der Waals surface area contributed by atoms with Crippen molar-refractivity contribution in [2.75, 3.05) is 13.2 Å². The van der Waals surface area contributed by atoms with E-state index in [4.69, 9.17) is 9.47 Å². The van der Waals surface area contributed by atoms with Gasteiger partial charge in [0.2, 0.25) is 5.75 Å². The zero-order valence-electron chi connectivity index (χ0n) is 10.9. The van der Waals surface area contributed by atoms with E-state index in [0.29, 0.717) is 5.56 Å². The minimum absolute atomic E-state index is 0.00650. The van der Waals surface area contributed by atoms with E-state index in [2.05, 4.69) is 9.47 Å². The average Bonchev–Trinajstić information content (AvgIpc) is 2.87. The third-order valence-corrected chi connectivity index (χ3v) is 3.35. The van der Waals surface area contributed by atoms with Gasteiger partial charge < -0.3 is 18.9 Å². The van der Waals surface area contributed by atoms with Crippen LogP contribution in [0.25, 0.3) is 0 Å². The van der Waals surface area contributed by atoms with E-state index in [1.54, 1.807) is 13.8 Å². The molecule has 20 heavy (non-hydrogen) atoms. The largest absolute Gasteiger partial charge is 0.586 e. The topological polar surface area (TPSA) is 54.0 Å². The SMILES string of the molecule is CCOC(=O)C1(C)COc2c1ccc1c2OC(F)(F)O1. The molecule has 3 rings (SSSR count). The summed E-state index contributed by atoms with van der Waals surface area (Å²) in [4.78, 5) is 12.0. The van der Waals surface area contributed by atoms with Crippen molar-refractivity contribution >= 4 is 5.97 Å². The Hall–Kier alpha value is -2.05. The summed E-state index contributed by atoms with van der Waals surface area (Å²) < 4.78 is 45.3. The molecule has 1 atom stereocenters. The van der Waals surface area contributed by atoms with Crippen LogP contribution in [-0.4, -0.2) is 25.5 Å². The number of carbonyl (C=O) groups excluding carboxylic acids is 1. The van der Waals surface area contributed by atoms with Gasteiger partial charge in [-0.25, -0.2) is 0 Å². The number of hydrogen-bond acceptors (Lipinski definition) is 5. The van der Waals surface area contributed by atoms with Crippen LogP contribution in [0.15, 0.2) is 12.1 Å². The van der Waals surface area contributed by atoms with Crippen LogP contribution in [0.3, 0.4) is 0 Å². The average molecular weight is 286 g/mol. The van der Waals surface area contributed by atoms with Crippen molar-refractivity contribution in [1.29, 1.82) is 0 Å². The molecule has 7 heteroatoms. The minimum Gasteiger partial charge on any atom is -0.488 e. The number of esters is 1. The Balaban J connectivity index is 2.04. The first-order chi connectivity index (χ1) is 9.37. The van der Waals surface area contributed by atoms with E-state index < -0.39 is 17.7 Å². The Bertz CT molecular complexity index is 586. The van der Waals surface area contributed by atoms with E-state index in [1.807, 2.05) is 0 Å². The van der Waals surface area contributed by atoms with Crippen molar-refractivity contribution in [2.24, 2.45) is 0 Å². The first-order valence-corrected chi connectivity index (χ1v) is 6.11. The van der Waals surface area contributed by atoms with Gasteiger partial charge in [-0.05, 0) is 19.9 Å². The Morgan fingerprint density at radius 1 is 1.35 bits per heavy atom. The molecule has 0 spiro atoms. The van der Waals surface area contributed by atoms with Crippen molar-refractivity contribution in [3.8, 4) is 17.2 Å². The summed E-state index contributed by atoms with van der Waals surface area (Å²) >= 11 is 0. The fourth-order valence-electron chi connectivity index (χ4n) is 2.32. The molecule has 0 saturated heterocycles. The smallest absolute Gasteiger partial charge is 0.488 e. The number of halogens is 2. The van der Waals surface area contributed by atoms with Crippen LogP contribution in [0.1, 0.15) is 19.4 Å². The number of fused-ring (bicyclic) bond motifs is 3. The van der Waals surface area contributed by atoms with Gasteiger partial charge in [0, 0.05) is 5.56 Å². The summed E-state index contributed by atoms with van der Waals surface area (Å²) in [6.07, 6.45) is -3.72. The lowest BCUT2D eigenvalue weighted by molar-refractivity contribution is -0.287. The monoisotopic (exact) mass is 286 g/mol. The van der Waals surface area contributed by atoms with Crippen LogP contribution in [0.4, 0.5) is 8.78 Å². The van der Waals surface area contributed by atoms with Crippen LogP contribution in [0, 0.1) is 0 Å². The zero-order chi connectivity index (χ0) is 14.5.